The quantitative estimate of drug-likeness (QED) is 0.727. The predicted molar refractivity (Wildman–Crippen MR) is 115 cm³/mol. The number of hydrogen-bond acceptors (Lipinski definition) is 5. The number of para-hydroxylation sites is 1. The summed E-state index contributed by atoms with van der Waals surface area (Å²) in [4.78, 5) is 6.86. The van der Waals surface area contributed by atoms with E-state index in [1.165, 1.54) is 43.5 Å². The number of nitrogens with zero attached hydrogens (tertiary/aromatic N) is 2. The lowest BCUT2D eigenvalue weighted by Gasteiger charge is -2.33. The fourth-order valence-corrected chi connectivity index (χ4v) is 4.21. The van der Waals surface area contributed by atoms with Crippen LogP contribution in [0.4, 0.5) is 11.4 Å². The monoisotopic (exact) mass is 380 g/mol. The molecule has 2 aromatic rings. The average molecular weight is 381 g/mol. The van der Waals surface area contributed by atoms with E-state index in [2.05, 4.69) is 56.9 Å². The molecular weight excluding hydrogens is 348 g/mol. The number of pyridine rings is 1. The molecule has 0 bridgehead atoms. The molecular formula is C23H32N4O. The molecule has 150 valence electrons. The molecule has 2 aliphatic heterocycles. The van der Waals surface area contributed by atoms with Crippen molar-refractivity contribution in [3.63, 3.8) is 0 Å². The van der Waals surface area contributed by atoms with Gasteiger partial charge in [-0.15, -0.1) is 0 Å². The molecule has 0 unspecified atom stereocenters. The topological polar surface area (TPSA) is 49.4 Å². The number of benzene rings is 1. The summed E-state index contributed by atoms with van der Waals surface area (Å²) in [5, 5.41) is 7.01. The van der Waals surface area contributed by atoms with Crippen molar-refractivity contribution in [2.45, 2.75) is 38.1 Å². The molecule has 0 radical (unpaired) electrons. The number of aromatic nitrogens is 1. The van der Waals surface area contributed by atoms with Gasteiger partial charge in [0.05, 0.1) is 18.1 Å². The molecule has 1 aromatic carbocycles. The molecule has 0 aliphatic carbocycles. The van der Waals surface area contributed by atoms with Crippen molar-refractivity contribution in [3.8, 4) is 5.75 Å². The van der Waals surface area contributed by atoms with Crippen LogP contribution < -0.4 is 20.3 Å². The van der Waals surface area contributed by atoms with Gasteiger partial charge in [-0.1, -0.05) is 18.2 Å². The van der Waals surface area contributed by atoms with E-state index in [-0.39, 0.29) is 0 Å². The lowest BCUT2D eigenvalue weighted by molar-refractivity contribution is 0.276. The SMILES string of the molecule is c1ccc(NCCC2CCN(c3cncc(OC[C@@H]4CCCN4)c3)CC2)cc1. The van der Waals surface area contributed by atoms with E-state index in [9.17, 15) is 0 Å². The zero-order chi connectivity index (χ0) is 19.0. The molecule has 4 rings (SSSR count). The maximum atomic E-state index is 5.98. The van der Waals surface area contributed by atoms with Crippen molar-refractivity contribution in [2.24, 2.45) is 5.92 Å². The zero-order valence-electron chi connectivity index (χ0n) is 16.6. The van der Waals surface area contributed by atoms with E-state index in [1.54, 1.807) is 0 Å². The van der Waals surface area contributed by atoms with E-state index in [0.29, 0.717) is 6.04 Å². The summed E-state index contributed by atoms with van der Waals surface area (Å²) < 4.78 is 5.98. The van der Waals surface area contributed by atoms with Gasteiger partial charge in [0.15, 0.2) is 0 Å². The number of anilines is 2. The second-order valence-corrected chi connectivity index (χ2v) is 8.00. The standard InChI is InChI=1S/C23H32N4O/c1-2-5-20(6-3-1)26-12-8-19-9-13-27(14-10-19)22-15-23(17-24-16-22)28-18-21-7-4-11-25-21/h1-3,5-6,15-17,19,21,25-26H,4,7-14,18H2/t21-/m0/s1. The van der Waals surface area contributed by atoms with Gasteiger partial charge in [-0.2, -0.15) is 0 Å². The number of hydrogen-bond donors (Lipinski definition) is 2. The van der Waals surface area contributed by atoms with Crippen LogP contribution in [0.25, 0.3) is 0 Å². The van der Waals surface area contributed by atoms with Crippen LogP contribution in [0.3, 0.4) is 0 Å². The summed E-state index contributed by atoms with van der Waals surface area (Å²) in [6, 6.07) is 13.1. The normalized spacial score (nSPS) is 20.3. The highest BCUT2D eigenvalue weighted by Gasteiger charge is 2.20. The Hall–Kier alpha value is -2.27. The molecule has 2 N–H and O–H groups in total. The molecule has 1 aromatic heterocycles. The first-order valence-corrected chi connectivity index (χ1v) is 10.7. The third kappa shape index (κ3) is 5.38. The van der Waals surface area contributed by atoms with Gasteiger partial charge >= 0.3 is 0 Å². The molecule has 3 heterocycles. The van der Waals surface area contributed by atoms with Crippen LogP contribution >= 0.6 is 0 Å². The highest BCUT2D eigenvalue weighted by atomic mass is 16.5. The maximum Gasteiger partial charge on any atom is 0.139 e. The van der Waals surface area contributed by atoms with E-state index in [1.807, 2.05) is 12.4 Å². The molecule has 2 fully saturated rings. The summed E-state index contributed by atoms with van der Waals surface area (Å²) in [6.45, 7) is 5.11. The first kappa shape index (κ1) is 19.1. The summed E-state index contributed by atoms with van der Waals surface area (Å²) in [5.74, 6) is 1.69. The summed E-state index contributed by atoms with van der Waals surface area (Å²) in [5.41, 5.74) is 2.41. The van der Waals surface area contributed by atoms with E-state index < -0.39 is 0 Å². The fourth-order valence-electron chi connectivity index (χ4n) is 4.21. The van der Waals surface area contributed by atoms with Crippen molar-refractivity contribution >= 4 is 11.4 Å². The minimum absolute atomic E-state index is 0.490. The van der Waals surface area contributed by atoms with E-state index in [0.717, 1.165) is 44.5 Å². The Morgan fingerprint density at radius 2 is 1.96 bits per heavy atom. The first-order chi connectivity index (χ1) is 13.9. The van der Waals surface area contributed by atoms with Gasteiger partial charge in [-0.25, -0.2) is 0 Å². The Morgan fingerprint density at radius 3 is 2.75 bits per heavy atom. The maximum absolute atomic E-state index is 5.98. The minimum Gasteiger partial charge on any atom is -0.490 e. The van der Waals surface area contributed by atoms with Crippen LogP contribution in [0.5, 0.6) is 5.75 Å². The van der Waals surface area contributed by atoms with Crippen molar-refractivity contribution in [1.29, 1.82) is 0 Å². The summed E-state index contributed by atoms with van der Waals surface area (Å²) >= 11 is 0. The van der Waals surface area contributed by atoms with Crippen molar-refractivity contribution in [3.05, 3.63) is 48.8 Å². The zero-order valence-corrected chi connectivity index (χ0v) is 16.6. The van der Waals surface area contributed by atoms with Gasteiger partial charge < -0.3 is 20.3 Å². The smallest absolute Gasteiger partial charge is 0.139 e. The molecule has 2 saturated heterocycles. The molecule has 0 amide bonds. The van der Waals surface area contributed by atoms with Crippen LogP contribution in [-0.4, -0.2) is 43.8 Å². The van der Waals surface area contributed by atoms with E-state index >= 15 is 0 Å². The summed E-state index contributed by atoms with van der Waals surface area (Å²) in [7, 11) is 0. The summed E-state index contributed by atoms with van der Waals surface area (Å²) in [6.07, 6.45) is 9.99. The van der Waals surface area contributed by atoms with Crippen LogP contribution in [-0.2, 0) is 0 Å². The van der Waals surface area contributed by atoms with E-state index in [4.69, 9.17) is 4.74 Å². The van der Waals surface area contributed by atoms with Gasteiger partial charge in [-0.3, -0.25) is 4.98 Å². The molecule has 28 heavy (non-hydrogen) atoms. The molecule has 0 saturated carbocycles. The first-order valence-electron chi connectivity index (χ1n) is 10.7. The largest absolute Gasteiger partial charge is 0.490 e. The van der Waals surface area contributed by atoms with Gasteiger partial charge in [0.2, 0.25) is 0 Å². The molecule has 2 aliphatic rings. The highest BCUT2D eigenvalue weighted by molar-refractivity contribution is 5.48. The minimum atomic E-state index is 0.490. The Balaban J connectivity index is 1.20. The Kier molecular flexibility index (Phi) is 6.66. The third-order valence-electron chi connectivity index (χ3n) is 5.95. The van der Waals surface area contributed by atoms with Gasteiger partial charge in [0, 0.05) is 37.4 Å². The Labute approximate surface area is 168 Å². The Bertz CT molecular complexity index is 710. The number of piperidine rings is 1. The molecule has 5 heteroatoms. The second kappa shape index (κ2) is 9.78. The average Bonchev–Trinajstić information content (AvgIpc) is 3.28. The molecule has 5 nitrogen and oxygen atoms in total. The number of rotatable bonds is 8. The van der Waals surface area contributed by atoms with Crippen LogP contribution in [0.2, 0.25) is 0 Å². The lowest BCUT2D eigenvalue weighted by Crippen LogP contribution is -2.34. The number of ether oxygens (including phenoxy) is 1. The highest BCUT2D eigenvalue weighted by Crippen LogP contribution is 2.27. The lowest BCUT2D eigenvalue weighted by atomic mass is 9.93. The Morgan fingerprint density at radius 1 is 1.11 bits per heavy atom. The fraction of sp³-hybridized carbons (Fsp3) is 0.522. The van der Waals surface area contributed by atoms with Crippen molar-refractivity contribution in [1.82, 2.24) is 10.3 Å². The van der Waals surface area contributed by atoms with Gasteiger partial charge in [0.1, 0.15) is 12.4 Å². The molecule has 0 spiro atoms. The predicted octanol–water partition coefficient (Wildman–Crippen LogP) is 3.93. The van der Waals surface area contributed by atoms with Crippen molar-refractivity contribution < 1.29 is 4.74 Å². The van der Waals surface area contributed by atoms with Crippen LogP contribution in [0, 0.1) is 5.92 Å². The van der Waals surface area contributed by atoms with Gasteiger partial charge in [-0.05, 0) is 56.7 Å². The van der Waals surface area contributed by atoms with Gasteiger partial charge in [0.25, 0.3) is 0 Å². The number of nitrogens with one attached hydrogen (secondary N) is 2. The van der Waals surface area contributed by atoms with Crippen LogP contribution in [0.15, 0.2) is 48.8 Å². The molecule has 1 atom stereocenters. The van der Waals surface area contributed by atoms with Crippen LogP contribution in [0.1, 0.15) is 32.1 Å². The second-order valence-electron chi connectivity index (χ2n) is 8.00. The third-order valence-corrected chi connectivity index (χ3v) is 5.95. The van der Waals surface area contributed by atoms with Crippen molar-refractivity contribution in [2.75, 3.05) is 43.0 Å².